The Bertz CT molecular complexity index is 668. The number of ether oxygens (including phenoxy) is 1. The van der Waals surface area contributed by atoms with Gasteiger partial charge in [0.05, 0.1) is 12.8 Å². The SMILES string of the molecule is COc1cccc(-c2cccc(C(=O)C(C)C)c2NSC)c1. The molecule has 116 valence electrons. The van der Waals surface area contributed by atoms with Gasteiger partial charge in [-0.3, -0.25) is 4.79 Å². The molecule has 0 fully saturated rings. The van der Waals surface area contributed by atoms with Gasteiger partial charge in [0.1, 0.15) is 5.75 Å². The third-order valence-corrected chi connectivity index (χ3v) is 3.85. The molecule has 0 heterocycles. The van der Waals surface area contributed by atoms with E-state index < -0.39 is 0 Å². The molecular formula is C18H21NO2S. The number of ketones is 1. The van der Waals surface area contributed by atoms with E-state index in [0.717, 1.165) is 28.1 Å². The van der Waals surface area contributed by atoms with E-state index >= 15 is 0 Å². The Morgan fingerprint density at radius 1 is 1.18 bits per heavy atom. The summed E-state index contributed by atoms with van der Waals surface area (Å²) in [6.45, 7) is 3.84. The van der Waals surface area contributed by atoms with Crippen LogP contribution in [0.25, 0.3) is 11.1 Å². The number of nitrogens with one attached hydrogen (secondary N) is 1. The molecule has 0 bridgehead atoms. The molecule has 1 N–H and O–H groups in total. The molecule has 4 heteroatoms. The van der Waals surface area contributed by atoms with Gasteiger partial charge in [-0.15, -0.1) is 0 Å². The summed E-state index contributed by atoms with van der Waals surface area (Å²) in [6, 6.07) is 13.7. The van der Waals surface area contributed by atoms with Gasteiger partial charge < -0.3 is 9.46 Å². The van der Waals surface area contributed by atoms with Crippen molar-refractivity contribution in [3.05, 3.63) is 48.0 Å². The maximum Gasteiger partial charge on any atom is 0.167 e. The van der Waals surface area contributed by atoms with E-state index in [1.807, 2.05) is 62.6 Å². The molecule has 0 atom stereocenters. The fourth-order valence-corrected chi connectivity index (χ4v) is 2.74. The summed E-state index contributed by atoms with van der Waals surface area (Å²) in [4.78, 5) is 12.5. The van der Waals surface area contributed by atoms with Crippen molar-refractivity contribution in [2.75, 3.05) is 18.1 Å². The Morgan fingerprint density at radius 3 is 2.55 bits per heavy atom. The van der Waals surface area contributed by atoms with Gasteiger partial charge in [-0.25, -0.2) is 0 Å². The highest BCUT2D eigenvalue weighted by atomic mass is 32.2. The van der Waals surface area contributed by atoms with Gasteiger partial charge in [-0.2, -0.15) is 0 Å². The van der Waals surface area contributed by atoms with Crippen LogP contribution in [-0.4, -0.2) is 19.1 Å². The van der Waals surface area contributed by atoms with Crippen LogP contribution >= 0.6 is 11.9 Å². The van der Waals surface area contributed by atoms with Crippen LogP contribution in [-0.2, 0) is 0 Å². The quantitative estimate of drug-likeness (QED) is 0.608. The highest BCUT2D eigenvalue weighted by molar-refractivity contribution is 7.99. The van der Waals surface area contributed by atoms with Crippen LogP contribution in [0.15, 0.2) is 42.5 Å². The first-order valence-electron chi connectivity index (χ1n) is 7.19. The Kier molecular flexibility index (Phi) is 5.50. The van der Waals surface area contributed by atoms with Gasteiger partial charge in [0.2, 0.25) is 0 Å². The van der Waals surface area contributed by atoms with Gasteiger partial charge in [0.15, 0.2) is 5.78 Å². The summed E-state index contributed by atoms with van der Waals surface area (Å²) in [6.07, 6.45) is 1.95. The Hall–Kier alpha value is -1.94. The first kappa shape index (κ1) is 16.4. The second kappa shape index (κ2) is 7.36. The average molecular weight is 315 g/mol. The predicted octanol–water partition coefficient (Wildman–Crippen LogP) is 4.89. The predicted molar refractivity (Wildman–Crippen MR) is 94.7 cm³/mol. The molecular weight excluding hydrogens is 294 g/mol. The lowest BCUT2D eigenvalue weighted by Crippen LogP contribution is -2.10. The van der Waals surface area contributed by atoms with Crippen molar-refractivity contribution >= 4 is 23.4 Å². The van der Waals surface area contributed by atoms with Crippen molar-refractivity contribution in [1.29, 1.82) is 0 Å². The number of anilines is 1. The fraction of sp³-hybridized carbons (Fsp3) is 0.278. The molecule has 2 aromatic carbocycles. The van der Waals surface area contributed by atoms with Crippen LogP contribution in [0.5, 0.6) is 5.75 Å². The maximum absolute atomic E-state index is 12.5. The number of rotatable bonds is 6. The van der Waals surface area contributed by atoms with Crippen LogP contribution in [0, 0.1) is 5.92 Å². The number of para-hydroxylation sites is 1. The van der Waals surface area contributed by atoms with Gasteiger partial charge in [-0.05, 0) is 23.8 Å². The van der Waals surface area contributed by atoms with Gasteiger partial charge in [0, 0.05) is 23.3 Å². The largest absolute Gasteiger partial charge is 0.497 e. The smallest absolute Gasteiger partial charge is 0.167 e. The second-order valence-corrected chi connectivity index (χ2v) is 5.90. The van der Waals surface area contributed by atoms with Gasteiger partial charge >= 0.3 is 0 Å². The zero-order chi connectivity index (χ0) is 16.1. The Morgan fingerprint density at radius 2 is 1.91 bits per heavy atom. The van der Waals surface area contributed by atoms with E-state index in [2.05, 4.69) is 4.72 Å². The van der Waals surface area contributed by atoms with Crippen LogP contribution in [0.3, 0.4) is 0 Å². The van der Waals surface area contributed by atoms with Crippen molar-refractivity contribution in [3.8, 4) is 16.9 Å². The van der Waals surface area contributed by atoms with Crippen molar-refractivity contribution in [3.63, 3.8) is 0 Å². The molecule has 2 aromatic rings. The zero-order valence-electron chi connectivity index (χ0n) is 13.3. The molecule has 0 saturated carbocycles. The normalized spacial score (nSPS) is 10.6. The van der Waals surface area contributed by atoms with Gasteiger partial charge in [0.25, 0.3) is 0 Å². The van der Waals surface area contributed by atoms with E-state index in [1.165, 1.54) is 11.9 Å². The van der Waals surface area contributed by atoms with E-state index in [9.17, 15) is 4.79 Å². The summed E-state index contributed by atoms with van der Waals surface area (Å²) >= 11 is 1.48. The minimum Gasteiger partial charge on any atom is -0.497 e. The van der Waals surface area contributed by atoms with Crippen molar-refractivity contribution in [2.24, 2.45) is 5.92 Å². The van der Waals surface area contributed by atoms with Crippen LogP contribution in [0.2, 0.25) is 0 Å². The number of carbonyl (C=O) groups is 1. The maximum atomic E-state index is 12.5. The Labute approximate surface area is 136 Å². The summed E-state index contributed by atoms with van der Waals surface area (Å²) in [5.41, 5.74) is 3.61. The van der Waals surface area contributed by atoms with E-state index in [1.54, 1.807) is 7.11 Å². The number of hydrogen-bond acceptors (Lipinski definition) is 4. The molecule has 0 spiro atoms. The van der Waals surface area contributed by atoms with Crippen molar-refractivity contribution in [2.45, 2.75) is 13.8 Å². The lowest BCUT2D eigenvalue weighted by atomic mass is 9.94. The molecule has 0 saturated heterocycles. The summed E-state index contributed by atoms with van der Waals surface area (Å²) in [7, 11) is 1.65. The molecule has 0 aliphatic heterocycles. The van der Waals surface area contributed by atoms with Crippen molar-refractivity contribution in [1.82, 2.24) is 0 Å². The molecule has 0 radical (unpaired) electrons. The summed E-state index contributed by atoms with van der Waals surface area (Å²) in [5, 5.41) is 0. The molecule has 0 unspecified atom stereocenters. The van der Waals surface area contributed by atoms with Crippen LogP contribution in [0.4, 0.5) is 5.69 Å². The summed E-state index contributed by atoms with van der Waals surface area (Å²) in [5.74, 6) is 0.900. The number of carbonyl (C=O) groups excluding carboxylic acids is 1. The van der Waals surface area contributed by atoms with E-state index in [-0.39, 0.29) is 11.7 Å². The van der Waals surface area contributed by atoms with Crippen LogP contribution < -0.4 is 9.46 Å². The molecule has 3 nitrogen and oxygen atoms in total. The average Bonchev–Trinajstić information content (AvgIpc) is 2.54. The molecule has 0 aliphatic carbocycles. The van der Waals surface area contributed by atoms with Gasteiger partial charge in [-0.1, -0.05) is 50.1 Å². The third-order valence-electron chi connectivity index (χ3n) is 3.44. The zero-order valence-corrected chi connectivity index (χ0v) is 14.2. The lowest BCUT2D eigenvalue weighted by molar-refractivity contribution is 0.0940. The molecule has 22 heavy (non-hydrogen) atoms. The number of methoxy groups -OCH3 is 1. The first-order chi connectivity index (χ1) is 10.6. The molecule has 0 amide bonds. The topological polar surface area (TPSA) is 38.3 Å². The van der Waals surface area contributed by atoms with Crippen LogP contribution in [0.1, 0.15) is 24.2 Å². The fourth-order valence-electron chi connectivity index (χ4n) is 2.31. The van der Waals surface area contributed by atoms with E-state index in [0.29, 0.717) is 0 Å². The summed E-state index contributed by atoms with van der Waals surface area (Å²) < 4.78 is 8.57. The number of hydrogen-bond donors (Lipinski definition) is 1. The highest BCUT2D eigenvalue weighted by Crippen LogP contribution is 2.35. The minimum atomic E-state index is -0.0389. The molecule has 2 rings (SSSR count). The molecule has 0 aromatic heterocycles. The van der Waals surface area contributed by atoms with E-state index in [4.69, 9.17) is 4.74 Å². The number of benzene rings is 2. The lowest BCUT2D eigenvalue weighted by Gasteiger charge is -2.16. The monoisotopic (exact) mass is 315 g/mol. The standard InChI is InChI=1S/C18H21NO2S/c1-12(2)18(20)16-10-6-9-15(17(16)19-22-4)13-7-5-8-14(11-13)21-3/h5-12,19H,1-4H3. The number of Topliss-reactive ketones (excluding diaryl/α,β-unsaturated/α-hetero) is 1. The van der Waals surface area contributed by atoms with Crippen molar-refractivity contribution < 1.29 is 9.53 Å². The Balaban J connectivity index is 2.59. The third kappa shape index (κ3) is 3.45. The minimum absolute atomic E-state index is 0.0389. The highest BCUT2D eigenvalue weighted by Gasteiger charge is 2.18. The molecule has 0 aliphatic rings. The first-order valence-corrected chi connectivity index (χ1v) is 8.41. The second-order valence-electron chi connectivity index (χ2n) is 5.29.